The largest absolute Gasteiger partial charge is 0.497 e. The summed E-state index contributed by atoms with van der Waals surface area (Å²) in [5.74, 6) is 2.92. The fraction of sp³-hybridized carbons (Fsp3) is 0.350. The molecule has 134 valence electrons. The van der Waals surface area contributed by atoms with Crippen molar-refractivity contribution in [1.82, 2.24) is 5.32 Å². The molecule has 2 aromatic rings. The van der Waals surface area contributed by atoms with Crippen LogP contribution in [0.15, 0.2) is 48.5 Å². The van der Waals surface area contributed by atoms with Gasteiger partial charge in [-0.15, -0.1) is 11.8 Å². The lowest BCUT2D eigenvalue weighted by Crippen LogP contribution is -2.37. The van der Waals surface area contributed by atoms with Crippen LogP contribution < -0.4 is 14.8 Å². The highest BCUT2D eigenvalue weighted by Crippen LogP contribution is 2.16. The predicted octanol–water partition coefficient (Wildman–Crippen LogP) is 3.82. The Morgan fingerprint density at radius 2 is 1.72 bits per heavy atom. The van der Waals surface area contributed by atoms with Crippen LogP contribution in [0.4, 0.5) is 0 Å². The van der Waals surface area contributed by atoms with E-state index < -0.39 is 0 Å². The van der Waals surface area contributed by atoms with Crippen LogP contribution in [-0.4, -0.2) is 31.4 Å². The van der Waals surface area contributed by atoms with E-state index in [1.165, 1.54) is 11.1 Å². The number of aryl methyl sites for hydroxylation is 1. The van der Waals surface area contributed by atoms with Crippen molar-refractivity contribution in [3.8, 4) is 11.5 Å². The second-order valence-electron chi connectivity index (χ2n) is 5.93. The lowest BCUT2D eigenvalue weighted by Gasteiger charge is -2.15. The summed E-state index contributed by atoms with van der Waals surface area (Å²) >= 11 is 1.59. The molecular formula is C20H25NO3S. The van der Waals surface area contributed by atoms with E-state index in [0.29, 0.717) is 12.4 Å². The molecule has 25 heavy (non-hydrogen) atoms. The van der Waals surface area contributed by atoms with Crippen LogP contribution in [0, 0.1) is 6.92 Å². The van der Waals surface area contributed by atoms with Gasteiger partial charge >= 0.3 is 0 Å². The number of rotatable bonds is 9. The van der Waals surface area contributed by atoms with Crippen molar-refractivity contribution >= 4 is 17.7 Å². The lowest BCUT2D eigenvalue weighted by atomic mass is 10.2. The molecule has 1 N–H and O–H groups in total. The van der Waals surface area contributed by atoms with Gasteiger partial charge in [-0.2, -0.15) is 0 Å². The first-order chi connectivity index (χ1) is 12.1. The summed E-state index contributed by atoms with van der Waals surface area (Å²) in [4.78, 5) is 12.0. The third kappa shape index (κ3) is 7.10. The average Bonchev–Trinajstić information content (AvgIpc) is 2.62. The van der Waals surface area contributed by atoms with Gasteiger partial charge < -0.3 is 14.8 Å². The molecule has 0 aromatic heterocycles. The molecule has 0 saturated carbocycles. The molecule has 2 aromatic carbocycles. The smallest absolute Gasteiger partial charge is 0.230 e. The standard InChI is InChI=1S/C20H25NO3S/c1-15-4-8-19(9-5-15)24-12-16(2)21-20(22)14-25-13-17-6-10-18(23-3)11-7-17/h4-11,16H,12-14H2,1-3H3,(H,21,22)/t16-/m0/s1. The number of hydrogen-bond donors (Lipinski definition) is 1. The Kier molecular flexibility index (Phi) is 7.67. The molecule has 0 spiro atoms. The molecule has 0 radical (unpaired) electrons. The Balaban J connectivity index is 1.64. The Hall–Kier alpha value is -2.14. The molecule has 0 aliphatic carbocycles. The number of methoxy groups -OCH3 is 1. The van der Waals surface area contributed by atoms with Gasteiger partial charge in [-0.3, -0.25) is 4.79 Å². The van der Waals surface area contributed by atoms with Gasteiger partial charge in [0.05, 0.1) is 18.9 Å². The normalized spacial score (nSPS) is 11.6. The minimum absolute atomic E-state index is 0.0264. The molecule has 0 unspecified atom stereocenters. The van der Waals surface area contributed by atoms with Gasteiger partial charge in [0.25, 0.3) is 0 Å². The van der Waals surface area contributed by atoms with E-state index in [1.54, 1.807) is 18.9 Å². The fourth-order valence-corrected chi connectivity index (χ4v) is 3.00. The molecule has 5 heteroatoms. The predicted molar refractivity (Wildman–Crippen MR) is 103 cm³/mol. The van der Waals surface area contributed by atoms with E-state index in [2.05, 4.69) is 5.32 Å². The molecule has 0 fully saturated rings. The molecule has 0 aliphatic rings. The van der Waals surface area contributed by atoms with Crippen LogP contribution in [0.2, 0.25) is 0 Å². The molecule has 0 aliphatic heterocycles. The average molecular weight is 359 g/mol. The summed E-state index contributed by atoms with van der Waals surface area (Å²) in [6.45, 7) is 4.44. The van der Waals surface area contributed by atoms with Crippen LogP contribution in [0.25, 0.3) is 0 Å². The molecule has 4 nitrogen and oxygen atoms in total. The first-order valence-corrected chi connectivity index (χ1v) is 9.42. The lowest BCUT2D eigenvalue weighted by molar-refractivity contribution is -0.119. The molecule has 0 heterocycles. The van der Waals surface area contributed by atoms with Crippen LogP contribution in [-0.2, 0) is 10.5 Å². The van der Waals surface area contributed by atoms with Gasteiger partial charge in [-0.05, 0) is 43.7 Å². The molecule has 0 saturated heterocycles. The molecular weight excluding hydrogens is 334 g/mol. The summed E-state index contributed by atoms with van der Waals surface area (Å²) in [7, 11) is 1.65. The number of hydrogen-bond acceptors (Lipinski definition) is 4. The van der Waals surface area contributed by atoms with Crippen LogP contribution in [0.1, 0.15) is 18.1 Å². The van der Waals surface area contributed by atoms with Crippen LogP contribution in [0.3, 0.4) is 0 Å². The Morgan fingerprint density at radius 3 is 2.36 bits per heavy atom. The molecule has 0 bridgehead atoms. The van der Waals surface area contributed by atoms with Crippen molar-refractivity contribution in [2.45, 2.75) is 25.6 Å². The minimum Gasteiger partial charge on any atom is -0.497 e. The zero-order valence-electron chi connectivity index (χ0n) is 15.0. The number of amides is 1. The molecule has 2 rings (SSSR count). The van der Waals surface area contributed by atoms with Crippen molar-refractivity contribution in [2.75, 3.05) is 19.5 Å². The maximum absolute atomic E-state index is 12.0. The summed E-state index contributed by atoms with van der Waals surface area (Å²) in [5.41, 5.74) is 2.37. The maximum Gasteiger partial charge on any atom is 0.230 e. The highest BCUT2D eigenvalue weighted by molar-refractivity contribution is 7.99. The van der Waals surface area contributed by atoms with E-state index >= 15 is 0 Å². The van der Waals surface area contributed by atoms with E-state index in [1.807, 2.05) is 62.4 Å². The zero-order valence-corrected chi connectivity index (χ0v) is 15.8. The summed E-state index contributed by atoms with van der Waals surface area (Å²) in [6, 6.07) is 15.8. The van der Waals surface area contributed by atoms with Gasteiger partial charge in [0.1, 0.15) is 18.1 Å². The summed E-state index contributed by atoms with van der Waals surface area (Å²) < 4.78 is 10.8. The second kappa shape index (κ2) is 9.99. The van der Waals surface area contributed by atoms with Crippen molar-refractivity contribution in [3.63, 3.8) is 0 Å². The molecule has 1 amide bonds. The van der Waals surface area contributed by atoms with Gasteiger partial charge in [0.2, 0.25) is 5.91 Å². The highest BCUT2D eigenvalue weighted by Gasteiger charge is 2.08. The maximum atomic E-state index is 12.0. The Morgan fingerprint density at radius 1 is 1.08 bits per heavy atom. The van der Waals surface area contributed by atoms with E-state index in [-0.39, 0.29) is 11.9 Å². The quantitative estimate of drug-likeness (QED) is 0.739. The number of ether oxygens (including phenoxy) is 2. The number of thioether (sulfide) groups is 1. The third-order valence-corrected chi connectivity index (χ3v) is 4.59. The number of carbonyl (C=O) groups excluding carboxylic acids is 1. The van der Waals surface area contributed by atoms with Gasteiger partial charge in [-0.1, -0.05) is 29.8 Å². The first-order valence-electron chi connectivity index (χ1n) is 8.26. The zero-order chi connectivity index (χ0) is 18.1. The number of carbonyl (C=O) groups is 1. The van der Waals surface area contributed by atoms with Crippen LogP contribution in [0.5, 0.6) is 11.5 Å². The van der Waals surface area contributed by atoms with Crippen LogP contribution >= 0.6 is 11.8 Å². The number of benzene rings is 2. The fourth-order valence-electron chi connectivity index (χ4n) is 2.20. The summed E-state index contributed by atoms with van der Waals surface area (Å²) in [5, 5.41) is 2.96. The van der Waals surface area contributed by atoms with Gasteiger partial charge in [0.15, 0.2) is 0 Å². The summed E-state index contributed by atoms with van der Waals surface area (Å²) in [6.07, 6.45) is 0. The van der Waals surface area contributed by atoms with Gasteiger partial charge in [-0.25, -0.2) is 0 Å². The first kappa shape index (κ1) is 19.2. The monoisotopic (exact) mass is 359 g/mol. The third-order valence-electron chi connectivity index (χ3n) is 3.59. The second-order valence-corrected chi connectivity index (χ2v) is 6.92. The SMILES string of the molecule is COc1ccc(CSCC(=O)N[C@@H](C)COc2ccc(C)cc2)cc1. The van der Waals surface area contributed by atoms with Crippen molar-refractivity contribution in [2.24, 2.45) is 0 Å². The van der Waals surface area contributed by atoms with Crippen molar-refractivity contribution < 1.29 is 14.3 Å². The molecule has 1 atom stereocenters. The minimum atomic E-state index is -0.0320. The van der Waals surface area contributed by atoms with E-state index in [0.717, 1.165) is 17.3 Å². The highest BCUT2D eigenvalue weighted by atomic mass is 32.2. The van der Waals surface area contributed by atoms with E-state index in [9.17, 15) is 4.79 Å². The number of nitrogens with one attached hydrogen (secondary N) is 1. The van der Waals surface area contributed by atoms with E-state index in [4.69, 9.17) is 9.47 Å². The van der Waals surface area contributed by atoms with Gasteiger partial charge in [0, 0.05) is 5.75 Å². The topological polar surface area (TPSA) is 47.6 Å². The van der Waals surface area contributed by atoms with Crippen molar-refractivity contribution in [3.05, 3.63) is 59.7 Å². The Labute approximate surface area is 153 Å². The van der Waals surface area contributed by atoms with Crippen molar-refractivity contribution in [1.29, 1.82) is 0 Å². The Bertz CT molecular complexity index is 656.